The Morgan fingerprint density at radius 3 is 2.32 bits per heavy atom. The van der Waals surface area contributed by atoms with Gasteiger partial charge in [0.05, 0.1) is 24.2 Å². The molecule has 7 nitrogen and oxygen atoms in total. The lowest BCUT2D eigenvalue weighted by Gasteiger charge is -2.36. The minimum Gasteiger partial charge on any atom is -0.497 e. The summed E-state index contributed by atoms with van der Waals surface area (Å²) in [6, 6.07) is 27.9. The Labute approximate surface area is 219 Å². The maximum atomic E-state index is 14.3. The second-order valence-electron chi connectivity index (χ2n) is 9.15. The maximum Gasteiger partial charge on any atom is 0.272 e. The topological polar surface area (TPSA) is 63.0 Å². The number of fused-ring (bicyclic) bond motifs is 1. The summed E-state index contributed by atoms with van der Waals surface area (Å²) in [5.74, 6) is 0.313. The van der Waals surface area contributed by atoms with Crippen LogP contribution in [0.2, 0.25) is 0 Å². The first kappa shape index (κ1) is 23.7. The first-order chi connectivity index (χ1) is 18.6. The average Bonchev–Trinajstić information content (AvgIpc) is 3.42. The summed E-state index contributed by atoms with van der Waals surface area (Å²) in [6.07, 6.45) is 0. The maximum absolute atomic E-state index is 14.3. The average molecular weight is 508 g/mol. The number of piperazine rings is 1. The normalized spacial score (nSPS) is 13.6. The number of halogens is 1. The molecule has 1 aliphatic rings. The van der Waals surface area contributed by atoms with Crippen LogP contribution in [0.25, 0.3) is 28.2 Å². The SMILES string of the molecule is COc1cccc(-c2cc(C(=O)N3CCN(c4ccccc4F)CC3)n3nc(-c4ccccc4)cc3n2)c1. The molecule has 8 heteroatoms. The van der Waals surface area contributed by atoms with Crippen molar-refractivity contribution in [2.75, 3.05) is 38.2 Å². The van der Waals surface area contributed by atoms with Gasteiger partial charge in [0.25, 0.3) is 5.91 Å². The lowest BCUT2D eigenvalue weighted by molar-refractivity contribution is 0.0737. The molecule has 1 saturated heterocycles. The van der Waals surface area contributed by atoms with Crippen LogP contribution in [0, 0.1) is 5.82 Å². The van der Waals surface area contributed by atoms with E-state index in [0.717, 1.165) is 16.8 Å². The Morgan fingerprint density at radius 2 is 1.55 bits per heavy atom. The molecule has 38 heavy (non-hydrogen) atoms. The summed E-state index contributed by atoms with van der Waals surface area (Å²) >= 11 is 0. The summed E-state index contributed by atoms with van der Waals surface area (Å²) in [5.41, 5.74) is 4.74. The highest BCUT2D eigenvalue weighted by molar-refractivity contribution is 5.94. The molecule has 3 aromatic carbocycles. The van der Waals surface area contributed by atoms with E-state index in [4.69, 9.17) is 14.8 Å². The number of carbonyl (C=O) groups excluding carboxylic acids is 1. The van der Waals surface area contributed by atoms with Gasteiger partial charge in [-0.25, -0.2) is 13.9 Å². The fourth-order valence-corrected chi connectivity index (χ4v) is 4.83. The van der Waals surface area contributed by atoms with E-state index >= 15 is 0 Å². The molecule has 0 bridgehead atoms. The van der Waals surface area contributed by atoms with E-state index in [2.05, 4.69) is 0 Å². The highest BCUT2D eigenvalue weighted by Crippen LogP contribution is 2.27. The first-order valence-electron chi connectivity index (χ1n) is 12.5. The van der Waals surface area contributed by atoms with Gasteiger partial charge in [0.15, 0.2) is 5.65 Å². The van der Waals surface area contributed by atoms with Crippen LogP contribution >= 0.6 is 0 Å². The lowest BCUT2D eigenvalue weighted by atomic mass is 10.1. The van der Waals surface area contributed by atoms with Crippen molar-refractivity contribution in [3.8, 4) is 28.3 Å². The lowest BCUT2D eigenvalue weighted by Crippen LogP contribution is -2.49. The van der Waals surface area contributed by atoms with Crippen LogP contribution in [0.4, 0.5) is 10.1 Å². The molecule has 190 valence electrons. The highest BCUT2D eigenvalue weighted by Gasteiger charge is 2.26. The summed E-state index contributed by atoms with van der Waals surface area (Å²) < 4.78 is 21.3. The number of hydrogen-bond donors (Lipinski definition) is 0. The number of amides is 1. The van der Waals surface area contributed by atoms with Gasteiger partial charge in [-0.2, -0.15) is 5.10 Å². The molecule has 0 atom stereocenters. The number of rotatable bonds is 5. The van der Waals surface area contributed by atoms with E-state index < -0.39 is 0 Å². The van der Waals surface area contributed by atoms with Crippen molar-refractivity contribution in [3.05, 3.63) is 103 Å². The quantitative estimate of drug-likeness (QED) is 0.328. The zero-order valence-corrected chi connectivity index (χ0v) is 20.9. The Morgan fingerprint density at radius 1 is 0.816 bits per heavy atom. The van der Waals surface area contributed by atoms with Gasteiger partial charge in [-0.1, -0.05) is 54.6 Å². The standard InChI is InChI=1S/C30H26FN5O2/c1-38-23-11-7-10-22(18-23)25-19-28(36-29(32-25)20-26(33-36)21-8-3-2-4-9-21)30(37)35-16-14-34(15-17-35)27-13-6-5-12-24(27)31/h2-13,18-20H,14-17H2,1H3. The van der Waals surface area contributed by atoms with E-state index in [9.17, 15) is 9.18 Å². The molecule has 3 heterocycles. The Kier molecular flexibility index (Phi) is 6.21. The Bertz CT molecular complexity index is 1610. The molecule has 1 amide bonds. The van der Waals surface area contributed by atoms with Gasteiger partial charge in [0.1, 0.15) is 17.3 Å². The number of benzene rings is 3. The number of carbonyl (C=O) groups is 1. The zero-order valence-electron chi connectivity index (χ0n) is 20.9. The van der Waals surface area contributed by atoms with Crippen molar-refractivity contribution in [1.29, 1.82) is 0 Å². The summed E-state index contributed by atoms with van der Waals surface area (Å²) in [7, 11) is 1.62. The first-order valence-corrected chi connectivity index (χ1v) is 12.5. The van der Waals surface area contributed by atoms with Crippen LogP contribution in [0.1, 0.15) is 10.5 Å². The third-order valence-corrected chi connectivity index (χ3v) is 6.84. The molecule has 1 fully saturated rings. The van der Waals surface area contributed by atoms with Crippen molar-refractivity contribution in [2.24, 2.45) is 0 Å². The number of hydrogen-bond acceptors (Lipinski definition) is 5. The molecule has 0 spiro atoms. The number of anilines is 1. The van der Waals surface area contributed by atoms with Crippen molar-refractivity contribution in [1.82, 2.24) is 19.5 Å². The van der Waals surface area contributed by atoms with Gasteiger partial charge in [-0.05, 0) is 30.3 Å². The van der Waals surface area contributed by atoms with Crippen molar-refractivity contribution in [2.45, 2.75) is 0 Å². The molecular formula is C30H26FN5O2. The monoisotopic (exact) mass is 507 g/mol. The second-order valence-corrected chi connectivity index (χ2v) is 9.15. The second kappa shape index (κ2) is 9.97. The van der Waals surface area contributed by atoms with Gasteiger partial charge in [-0.15, -0.1) is 0 Å². The fourth-order valence-electron chi connectivity index (χ4n) is 4.83. The van der Waals surface area contributed by atoms with Gasteiger partial charge in [0, 0.05) is 43.4 Å². The van der Waals surface area contributed by atoms with Crippen LogP contribution in [0.15, 0.2) is 91.0 Å². The van der Waals surface area contributed by atoms with Crippen LogP contribution in [-0.2, 0) is 0 Å². The summed E-state index contributed by atoms with van der Waals surface area (Å²) in [6.45, 7) is 2.02. The van der Waals surface area contributed by atoms with Crippen LogP contribution in [0.3, 0.4) is 0 Å². The van der Waals surface area contributed by atoms with Crippen molar-refractivity contribution in [3.63, 3.8) is 0 Å². The smallest absolute Gasteiger partial charge is 0.272 e. The summed E-state index contributed by atoms with van der Waals surface area (Å²) in [4.78, 5) is 22.5. The third kappa shape index (κ3) is 4.45. The predicted molar refractivity (Wildman–Crippen MR) is 145 cm³/mol. The zero-order chi connectivity index (χ0) is 26.1. The van der Waals surface area contributed by atoms with E-state index in [0.29, 0.717) is 54.7 Å². The van der Waals surface area contributed by atoms with Crippen LogP contribution < -0.4 is 9.64 Å². The van der Waals surface area contributed by atoms with Gasteiger partial charge < -0.3 is 14.5 Å². The molecule has 6 rings (SSSR count). The van der Waals surface area contributed by atoms with E-state index in [1.165, 1.54) is 6.07 Å². The minimum atomic E-state index is -0.254. The van der Waals surface area contributed by atoms with Crippen LogP contribution in [0.5, 0.6) is 5.75 Å². The molecule has 0 N–H and O–H groups in total. The number of para-hydroxylation sites is 1. The van der Waals surface area contributed by atoms with E-state index in [1.54, 1.807) is 34.7 Å². The van der Waals surface area contributed by atoms with Crippen LogP contribution in [-0.4, -0.2) is 58.7 Å². The minimum absolute atomic E-state index is 0.141. The highest BCUT2D eigenvalue weighted by atomic mass is 19.1. The number of ether oxygens (including phenoxy) is 1. The van der Waals surface area contributed by atoms with Crippen molar-refractivity contribution < 1.29 is 13.9 Å². The predicted octanol–water partition coefficient (Wildman–Crippen LogP) is 5.17. The largest absolute Gasteiger partial charge is 0.497 e. The van der Waals surface area contributed by atoms with Gasteiger partial charge in [0.2, 0.25) is 0 Å². The fraction of sp³-hybridized carbons (Fsp3) is 0.167. The third-order valence-electron chi connectivity index (χ3n) is 6.84. The summed E-state index contributed by atoms with van der Waals surface area (Å²) in [5, 5.41) is 4.76. The molecule has 0 radical (unpaired) electrons. The molecule has 0 saturated carbocycles. The van der Waals surface area contributed by atoms with Crippen molar-refractivity contribution >= 4 is 17.2 Å². The Hall–Kier alpha value is -4.72. The molecule has 5 aromatic rings. The number of methoxy groups -OCH3 is 1. The number of nitrogens with zero attached hydrogens (tertiary/aromatic N) is 5. The molecule has 2 aromatic heterocycles. The van der Waals surface area contributed by atoms with E-state index in [-0.39, 0.29) is 11.7 Å². The Balaban J connectivity index is 1.37. The van der Waals surface area contributed by atoms with E-state index in [1.807, 2.05) is 71.6 Å². The molecule has 1 aliphatic heterocycles. The molecular weight excluding hydrogens is 481 g/mol. The number of aromatic nitrogens is 3. The van der Waals surface area contributed by atoms with Gasteiger partial charge >= 0.3 is 0 Å². The van der Waals surface area contributed by atoms with Gasteiger partial charge in [-0.3, -0.25) is 4.79 Å². The molecule has 0 unspecified atom stereocenters. The molecule has 0 aliphatic carbocycles.